The van der Waals surface area contributed by atoms with Gasteiger partial charge in [-0.2, -0.15) is 10.1 Å². The van der Waals surface area contributed by atoms with Crippen molar-refractivity contribution in [3.63, 3.8) is 0 Å². The minimum absolute atomic E-state index is 0.110. The smallest absolute Gasteiger partial charge is 0.252 e. The molecule has 2 N–H and O–H groups in total. The molecule has 0 aromatic carbocycles. The molecule has 0 aliphatic heterocycles. The molecule has 0 unspecified atom stereocenters. The van der Waals surface area contributed by atoms with Crippen LogP contribution in [0.1, 0.15) is 0 Å². The highest BCUT2D eigenvalue weighted by atomic mass is 32.2. The lowest BCUT2D eigenvalue weighted by Crippen LogP contribution is -2.03. The van der Waals surface area contributed by atoms with Crippen LogP contribution in [0.2, 0.25) is 0 Å². The van der Waals surface area contributed by atoms with Crippen molar-refractivity contribution >= 4 is 15.7 Å². The van der Waals surface area contributed by atoms with Gasteiger partial charge in [-0.05, 0) is 6.07 Å². The average Bonchev–Trinajstić information content (AvgIpc) is 2.65. The highest BCUT2D eigenvalue weighted by Crippen LogP contribution is 2.09. The van der Waals surface area contributed by atoms with Crippen LogP contribution in [0.25, 0.3) is 5.95 Å². The molecule has 0 fully saturated rings. The molecule has 2 aromatic heterocycles. The van der Waals surface area contributed by atoms with Crippen molar-refractivity contribution in [1.82, 2.24) is 19.7 Å². The lowest BCUT2D eigenvalue weighted by molar-refractivity contribution is 0.602. The number of nitrogen functional groups attached to an aromatic ring is 1. The Morgan fingerprint density at radius 3 is 2.75 bits per heavy atom. The summed E-state index contributed by atoms with van der Waals surface area (Å²) in [5, 5.41) is 3.85. The van der Waals surface area contributed by atoms with Crippen LogP contribution in [0.4, 0.5) is 5.82 Å². The third-order valence-electron chi connectivity index (χ3n) is 1.86. The zero-order chi connectivity index (χ0) is 11.8. The number of rotatable bonds is 2. The normalized spacial score (nSPS) is 11.6. The van der Waals surface area contributed by atoms with Gasteiger partial charge in [-0.25, -0.2) is 18.1 Å². The van der Waals surface area contributed by atoms with Crippen molar-refractivity contribution in [2.75, 3.05) is 12.0 Å². The Hall–Kier alpha value is -1.96. The van der Waals surface area contributed by atoms with Crippen LogP contribution in [-0.2, 0) is 9.84 Å². The third-order valence-corrected chi connectivity index (χ3v) is 2.92. The van der Waals surface area contributed by atoms with E-state index in [2.05, 4.69) is 15.1 Å². The fraction of sp³-hybridized carbons (Fsp3) is 0.125. The quantitative estimate of drug-likeness (QED) is 0.768. The van der Waals surface area contributed by atoms with E-state index in [1.165, 1.54) is 29.3 Å². The summed E-state index contributed by atoms with van der Waals surface area (Å²) in [4.78, 5) is 7.94. The van der Waals surface area contributed by atoms with E-state index in [1.807, 2.05) is 0 Å². The number of aromatic nitrogens is 4. The second-order valence-electron chi connectivity index (χ2n) is 3.17. The second-order valence-corrected chi connectivity index (χ2v) is 5.19. The van der Waals surface area contributed by atoms with Crippen molar-refractivity contribution in [3.8, 4) is 5.95 Å². The van der Waals surface area contributed by atoms with Gasteiger partial charge < -0.3 is 5.73 Å². The average molecular weight is 239 g/mol. The first-order valence-corrected chi connectivity index (χ1v) is 6.19. The first kappa shape index (κ1) is 10.6. The maximum atomic E-state index is 11.2. The summed E-state index contributed by atoms with van der Waals surface area (Å²) in [5.74, 6) is 0.524. The van der Waals surface area contributed by atoms with Gasteiger partial charge in [-0.1, -0.05) is 0 Å². The Morgan fingerprint density at radius 2 is 2.19 bits per heavy atom. The zero-order valence-electron chi connectivity index (χ0n) is 8.40. The molecule has 7 nitrogen and oxygen atoms in total. The monoisotopic (exact) mass is 239 g/mol. The molecule has 0 amide bonds. The van der Waals surface area contributed by atoms with Gasteiger partial charge in [0.15, 0.2) is 9.84 Å². The first-order chi connectivity index (χ1) is 7.47. The number of nitrogens with two attached hydrogens (primary N) is 1. The van der Waals surface area contributed by atoms with Crippen LogP contribution in [0.3, 0.4) is 0 Å². The minimum atomic E-state index is -3.27. The second kappa shape index (κ2) is 3.56. The molecule has 2 heterocycles. The fourth-order valence-corrected chi connectivity index (χ4v) is 1.61. The van der Waals surface area contributed by atoms with Crippen LogP contribution in [0, 0.1) is 0 Å². The van der Waals surface area contributed by atoms with Crippen LogP contribution in [0.15, 0.2) is 29.6 Å². The summed E-state index contributed by atoms with van der Waals surface area (Å²) >= 11 is 0. The van der Waals surface area contributed by atoms with Gasteiger partial charge >= 0.3 is 0 Å². The van der Waals surface area contributed by atoms with Gasteiger partial charge in [0.05, 0.1) is 12.4 Å². The molecule has 0 aliphatic carbocycles. The molecule has 0 radical (unpaired) electrons. The van der Waals surface area contributed by atoms with E-state index in [9.17, 15) is 8.42 Å². The lowest BCUT2D eigenvalue weighted by Gasteiger charge is -1.98. The number of anilines is 1. The van der Waals surface area contributed by atoms with Crippen molar-refractivity contribution in [3.05, 3.63) is 24.7 Å². The molecule has 0 spiro atoms. The minimum Gasteiger partial charge on any atom is -0.384 e. The summed E-state index contributed by atoms with van der Waals surface area (Å²) in [6.45, 7) is 0. The molecule has 0 saturated heterocycles. The molecular formula is C8H9N5O2S. The predicted octanol–water partition coefficient (Wildman–Crippen LogP) is -0.352. The summed E-state index contributed by atoms with van der Waals surface area (Å²) in [5.41, 5.74) is 5.48. The van der Waals surface area contributed by atoms with Gasteiger partial charge in [0, 0.05) is 12.5 Å². The Bertz CT molecular complexity index is 619. The van der Waals surface area contributed by atoms with E-state index in [4.69, 9.17) is 5.73 Å². The molecule has 8 heteroatoms. The van der Waals surface area contributed by atoms with Crippen LogP contribution in [0.5, 0.6) is 0 Å². The third kappa shape index (κ3) is 2.01. The zero-order valence-corrected chi connectivity index (χ0v) is 9.22. The van der Waals surface area contributed by atoms with Gasteiger partial charge in [0.25, 0.3) is 5.95 Å². The molecule has 16 heavy (non-hydrogen) atoms. The molecule has 2 rings (SSSR count). The SMILES string of the molecule is CS(=O)(=O)c1cnn(-c2nccc(N)n2)c1. The molecule has 0 bridgehead atoms. The molecule has 2 aromatic rings. The van der Waals surface area contributed by atoms with Crippen molar-refractivity contribution in [1.29, 1.82) is 0 Å². The van der Waals surface area contributed by atoms with Gasteiger partial charge in [0.2, 0.25) is 0 Å². The maximum Gasteiger partial charge on any atom is 0.252 e. The van der Waals surface area contributed by atoms with Crippen molar-refractivity contribution in [2.45, 2.75) is 4.90 Å². The standard InChI is InChI=1S/C8H9N5O2S/c1-16(14,15)6-4-11-13(5-6)8-10-3-2-7(9)12-8/h2-5H,1H3,(H2,9,10,12). The molecule has 0 aliphatic rings. The topological polar surface area (TPSA) is 104 Å². The molecule has 84 valence electrons. The van der Waals surface area contributed by atoms with Crippen LogP contribution in [-0.4, -0.2) is 34.4 Å². The summed E-state index contributed by atoms with van der Waals surface area (Å²) in [6.07, 6.45) is 5.15. The molecule has 0 atom stereocenters. The Morgan fingerprint density at radius 1 is 1.44 bits per heavy atom. The number of sulfone groups is 1. The van der Waals surface area contributed by atoms with Crippen molar-refractivity contribution in [2.24, 2.45) is 0 Å². The maximum absolute atomic E-state index is 11.2. The van der Waals surface area contributed by atoms with Crippen molar-refractivity contribution < 1.29 is 8.42 Å². The largest absolute Gasteiger partial charge is 0.384 e. The summed E-state index contributed by atoms with van der Waals surface area (Å²) in [6, 6.07) is 1.53. The number of hydrogen-bond acceptors (Lipinski definition) is 6. The Balaban J connectivity index is 2.47. The number of nitrogens with zero attached hydrogens (tertiary/aromatic N) is 4. The van der Waals surface area contributed by atoms with E-state index < -0.39 is 9.84 Å². The fourth-order valence-electron chi connectivity index (χ4n) is 1.08. The number of hydrogen-bond donors (Lipinski definition) is 1. The van der Waals surface area contributed by atoms with Gasteiger partial charge in [-0.3, -0.25) is 0 Å². The molecule has 0 saturated carbocycles. The highest BCUT2D eigenvalue weighted by molar-refractivity contribution is 7.90. The summed E-state index contributed by atoms with van der Waals surface area (Å²) in [7, 11) is -3.27. The van der Waals surface area contributed by atoms with E-state index in [-0.39, 0.29) is 10.8 Å². The first-order valence-electron chi connectivity index (χ1n) is 4.30. The van der Waals surface area contributed by atoms with Gasteiger partial charge in [-0.15, -0.1) is 0 Å². The van der Waals surface area contributed by atoms with E-state index in [1.54, 1.807) is 0 Å². The predicted molar refractivity (Wildman–Crippen MR) is 56.7 cm³/mol. The van der Waals surface area contributed by atoms with E-state index >= 15 is 0 Å². The lowest BCUT2D eigenvalue weighted by atomic mass is 10.6. The van der Waals surface area contributed by atoms with Gasteiger partial charge in [0.1, 0.15) is 10.7 Å². The molecular weight excluding hydrogens is 230 g/mol. The Kier molecular flexibility index (Phi) is 2.35. The van der Waals surface area contributed by atoms with E-state index in [0.717, 1.165) is 6.26 Å². The Labute approximate surface area is 91.9 Å². The van der Waals surface area contributed by atoms with E-state index in [0.29, 0.717) is 5.82 Å². The highest BCUT2D eigenvalue weighted by Gasteiger charge is 2.11. The van der Waals surface area contributed by atoms with Crippen LogP contribution < -0.4 is 5.73 Å². The summed E-state index contributed by atoms with van der Waals surface area (Å²) < 4.78 is 23.7. The van der Waals surface area contributed by atoms with Crippen LogP contribution >= 0.6 is 0 Å².